The van der Waals surface area contributed by atoms with E-state index in [1.54, 1.807) is 11.8 Å². The zero-order chi connectivity index (χ0) is 10.2. The third-order valence-electron chi connectivity index (χ3n) is 1.79. The van der Waals surface area contributed by atoms with Crippen molar-refractivity contribution in [1.29, 1.82) is 0 Å². The van der Waals surface area contributed by atoms with Crippen molar-refractivity contribution in [3.05, 3.63) is 11.8 Å². The van der Waals surface area contributed by atoms with Gasteiger partial charge in [0.25, 0.3) is 0 Å². The molecule has 4 nitrogen and oxygen atoms in total. The van der Waals surface area contributed by atoms with Crippen molar-refractivity contribution in [3.8, 4) is 0 Å². The maximum atomic E-state index is 5.46. The summed E-state index contributed by atoms with van der Waals surface area (Å²) in [6, 6.07) is 0. The lowest BCUT2D eigenvalue weighted by molar-refractivity contribution is 0.450. The maximum Gasteiger partial charge on any atom is 0.217 e. The summed E-state index contributed by atoms with van der Waals surface area (Å²) in [4.78, 5) is 0. The third kappa shape index (κ3) is 4.11. The molecule has 80 valence electrons. The summed E-state index contributed by atoms with van der Waals surface area (Å²) in [6.45, 7) is 3.96. The van der Waals surface area contributed by atoms with E-state index in [2.05, 4.69) is 28.7 Å². The highest BCUT2D eigenvalue weighted by molar-refractivity contribution is 7.98. The number of aromatic nitrogens is 2. The fraction of sp³-hybridized carbons (Fsp3) is 0.778. The van der Waals surface area contributed by atoms with Crippen molar-refractivity contribution in [2.45, 2.75) is 19.8 Å². The van der Waals surface area contributed by atoms with Crippen LogP contribution in [-0.4, -0.2) is 35.3 Å². The number of hydrogen-bond donors (Lipinski definition) is 1. The summed E-state index contributed by atoms with van der Waals surface area (Å²) in [5.41, 5.74) is 0. The lowest BCUT2D eigenvalue weighted by atomic mass is 10.4. The first-order valence-corrected chi connectivity index (χ1v) is 6.27. The van der Waals surface area contributed by atoms with Crippen molar-refractivity contribution < 1.29 is 4.42 Å². The fourth-order valence-corrected chi connectivity index (χ4v) is 1.43. The molecule has 0 radical (unpaired) electrons. The Hall–Kier alpha value is -0.550. The van der Waals surface area contributed by atoms with Crippen LogP contribution in [0.5, 0.6) is 0 Å². The van der Waals surface area contributed by atoms with Crippen LogP contribution in [0.1, 0.15) is 18.7 Å². The number of rotatable bonds is 7. The molecule has 0 atom stereocenters. The second kappa shape index (κ2) is 6.84. The average Bonchev–Trinajstić information content (AvgIpc) is 2.63. The summed E-state index contributed by atoms with van der Waals surface area (Å²) < 4.78 is 5.46. The summed E-state index contributed by atoms with van der Waals surface area (Å²) in [5.74, 6) is 2.53. The maximum absolute atomic E-state index is 5.46. The molecule has 1 aromatic rings. The Morgan fingerprint density at radius 2 is 2.00 bits per heavy atom. The van der Waals surface area contributed by atoms with Gasteiger partial charge in [0.2, 0.25) is 11.8 Å². The van der Waals surface area contributed by atoms with Crippen molar-refractivity contribution in [3.63, 3.8) is 0 Å². The van der Waals surface area contributed by atoms with E-state index in [4.69, 9.17) is 4.42 Å². The van der Waals surface area contributed by atoms with Crippen LogP contribution < -0.4 is 5.32 Å². The molecule has 1 aromatic heterocycles. The van der Waals surface area contributed by atoms with Crippen LogP contribution in [0.2, 0.25) is 0 Å². The van der Waals surface area contributed by atoms with Gasteiger partial charge in [-0.1, -0.05) is 6.92 Å². The molecule has 0 unspecified atom stereocenters. The molecule has 0 spiro atoms. The first kappa shape index (κ1) is 11.5. The van der Waals surface area contributed by atoms with Crippen molar-refractivity contribution in [2.75, 3.05) is 25.1 Å². The molecule has 0 saturated carbocycles. The second-order valence-corrected chi connectivity index (χ2v) is 3.92. The average molecular weight is 215 g/mol. The van der Waals surface area contributed by atoms with E-state index in [0.717, 1.165) is 43.5 Å². The third-order valence-corrected chi connectivity index (χ3v) is 2.41. The summed E-state index contributed by atoms with van der Waals surface area (Å²) in [5, 5.41) is 11.2. The van der Waals surface area contributed by atoms with Gasteiger partial charge < -0.3 is 9.73 Å². The van der Waals surface area contributed by atoms with Gasteiger partial charge in [-0.2, -0.15) is 11.8 Å². The zero-order valence-electron chi connectivity index (χ0n) is 8.75. The van der Waals surface area contributed by atoms with Gasteiger partial charge in [0.05, 0.1) is 0 Å². The SMILES string of the molecule is CCNCCc1nnc(CCSC)o1. The summed E-state index contributed by atoms with van der Waals surface area (Å²) in [7, 11) is 0. The highest BCUT2D eigenvalue weighted by atomic mass is 32.2. The van der Waals surface area contributed by atoms with Gasteiger partial charge in [-0.25, -0.2) is 0 Å². The minimum absolute atomic E-state index is 0.738. The number of likely N-dealkylation sites (N-methyl/N-ethyl adjacent to an activating group) is 1. The predicted octanol–water partition coefficient (Wildman–Crippen LogP) is 1.13. The minimum atomic E-state index is 0.738. The highest BCUT2D eigenvalue weighted by Gasteiger charge is 2.04. The molecule has 14 heavy (non-hydrogen) atoms. The molecular formula is C9H17N3OS. The largest absolute Gasteiger partial charge is 0.425 e. The lowest BCUT2D eigenvalue weighted by Gasteiger charge is -1.95. The Labute approximate surface area is 88.9 Å². The van der Waals surface area contributed by atoms with Crippen LogP contribution in [0.15, 0.2) is 4.42 Å². The van der Waals surface area contributed by atoms with Crippen LogP contribution in [0.3, 0.4) is 0 Å². The minimum Gasteiger partial charge on any atom is -0.425 e. The molecule has 0 aliphatic rings. The molecule has 0 aliphatic carbocycles. The molecule has 0 saturated heterocycles. The predicted molar refractivity (Wildman–Crippen MR) is 58.6 cm³/mol. The molecule has 0 aromatic carbocycles. The van der Waals surface area contributed by atoms with E-state index >= 15 is 0 Å². The monoisotopic (exact) mass is 215 g/mol. The van der Waals surface area contributed by atoms with Crippen LogP contribution in [0.4, 0.5) is 0 Å². The number of thioether (sulfide) groups is 1. The van der Waals surface area contributed by atoms with E-state index in [1.807, 2.05) is 0 Å². The van der Waals surface area contributed by atoms with E-state index in [1.165, 1.54) is 0 Å². The van der Waals surface area contributed by atoms with Gasteiger partial charge >= 0.3 is 0 Å². The number of nitrogens with zero attached hydrogens (tertiary/aromatic N) is 2. The van der Waals surface area contributed by atoms with E-state index in [0.29, 0.717) is 0 Å². The molecule has 5 heteroatoms. The summed E-state index contributed by atoms with van der Waals surface area (Å²) in [6.07, 6.45) is 3.76. The van der Waals surface area contributed by atoms with Crippen LogP contribution in [-0.2, 0) is 12.8 Å². The van der Waals surface area contributed by atoms with Crippen molar-refractivity contribution in [1.82, 2.24) is 15.5 Å². The standard InChI is InChI=1S/C9H17N3OS/c1-3-10-6-4-8-11-12-9(13-8)5-7-14-2/h10H,3-7H2,1-2H3. The first-order valence-electron chi connectivity index (χ1n) is 4.87. The quantitative estimate of drug-likeness (QED) is 0.691. The van der Waals surface area contributed by atoms with Gasteiger partial charge in [-0.3, -0.25) is 0 Å². The Morgan fingerprint density at radius 3 is 2.64 bits per heavy atom. The second-order valence-electron chi connectivity index (χ2n) is 2.94. The Morgan fingerprint density at radius 1 is 1.29 bits per heavy atom. The Kier molecular flexibility index (Phi) is 5.63. The highest BCUT2D eigenvalue weighted by Crippen LogP contribution is 2.04. The smallest absolute Gasteiger partial charge is 0.217 e. The lowest BCUT2D eigenvalue weighted by Crippen LogP contribution is -2.16. The molecule has 1 rings (SSSR count). The Bertz CT molecular complexity index is 252. The first-order chi connectivity index (χ1) is 6.86. The van der Waals surface area contributed by atoms with Gasteiger partial charge in [0.15, 0.2) is 0 Å². The van der Waals surface area contributed by atoms with Gasteiger partial charge in [-0.05, 0) is 12.8 Å². The topological polar surface area (TPSA) is 51.0 Å². The molecule has 0 bridgehead atoms. The van der Waals surface area contributed by atoms with Crippen LogP contribution >= 0.6 is 11.8 Å². The van der Waals surface area contributed by atoms with Gasteiger partial charge in [0, 0.05) is 25.1 Å². The number of hydrogen-bond acceptors (Lipinski definition) is 5. The number of nitrogens with one attached hydrogen (secondary N) is 1. The molecule has 0 aliphatic heterocycles. The van der Waals surface area contributed by atoms with Crippen LogP contribution in [0, 0.1) is 0 Å². The van der Waals surface area contributed by atoms with Crippen molar-refractivity contribution in [2.24, 2.45) is 0 Å². The van der Waals surface area contributed by atoms with Gasteiger partial charge in [-0.15, -0.1) is 10.2 Å². The van der Waals surface area contributed by atoms with E-state index < -0.39 is 0 Å². The van der Waals surface area contributed by atoms with Gasteiger partial charge in [0.1, 0.15) is 0 Å². The zero-order valence-corrected chi connectivity index (χ0v) is 9.56. The molecule has 1 heterocycles. The van der Waals surface area contributed by atoms with Crippen molar-refractivity contribution >= 4 is 11.8 Å². The fourth-order valence-electron chi connectivity index (χ4n) is 1.05. The molecular weight excluding hydrogens is 198 g/mol. The molecule has 0 amide bonds. The summed E-state index contributed by atoms with van der Waals surface area (Å²) >= 11 is 1.79. The number of aryl methyl sites for hydroxylation is 1. The molecule has 0 fully saturated rings. The molecule has 1 N–H and O–H groups in total. The van der Waals surface area contributed by atoms with Crippen LogP contribution in [0.25, 0.3) is 0 Å². The normalized spacial score (nSPS) is 10.7. The van der Waals surface area contributed by atoms with E-state index in [9.17, 15) is 0 Å². The van der Waals surface area contributed by atoms with E-state index in [-0.39, 0.29) is 0 Å². The Balaban J connectivity index is 2.27.